The molecule has 0 bridgehead atoms. The minimum absolute atomic E-state index is 0.931. The molecule has 0 saturated heterocycles. The van der Waals surface area contributed by atoms with Crippen LogP contribution in [-0.4, -0.2) is 0 Å². The molecule has 1 aromatic carbocycles. The predicted octanol–water partition coefficient (Wildman–Crippen LogP) is 2.98. The van der Waals surface area contributed by atoms with Crippen LogP contribution >= 0.6 is 23.0 Å². The highest BCUT2D eigenvalue weighted by molar-refractivity contribution is 14.1. The molecule has 0 N–H and O–H groups in total. The lowest BCUT2D eigenvalue weighted by Crippen LogP contribution is -1.79. The third-order valence-corrected chi connectivity index (χ3v) is 1.90. The van der Waals surface area contributed by atoms with E-state index in [1.165, 1.54) is 5.56 Å². The number of halogens is 1. The largest absolute Gasteiger partial charge is 0.428 e. The Kier molecular flexibility index (Phi) is 2.99. The van der Waals surface area contributed by atoms with Gasteiger partial charge in [0, 0.05) is 0 Å². The summed E-state index contributed by atoms with van der Waals surface area (Å²) < 4.78 is 5.03. The van der Waals surface area contributed by atoms with Gasteiger partial charge in [0.25, 0.3) is 0 Å². The molecule has 0 aromatic heterocycles. The van der Waals surface area contributed by atoms with Crippen LogP contribution in [0.15, 0.2) is 24.3 Å². The molecule has 0 unspecified atom stereocenters. The average Bonchev–Trinajstić information content (AvgIpc) is 2.05. The van der Waals surface area contributed by atoms with Crippen LogP contribution in [0.1, 0.15) is 12.5 Å². The van der Waals surface area contributed by atoms with E-state index >= 15 is 0 Å². The third kappa shape index (κ3) is 1.87. The summed E-state index contributed by atoms with van der Waals surface area (Å²) >= 11 is 1.89. The summed E-state index contributed by atoms with van der Waals surface area (Å²) in [5, 5.41) is 0. The van der Waals surface area contributed by atoms with Crippen molar-refractivity contribution in [3.05, 3.63) is 29.8 Å². The first-order valence-electron chi connectivity index (χ1n) is 3.24. The van der Waals surface area contributed by atoms with Gasteiger partial charge >= 0.3 is 0 Å². The second kappa shape index (κ2) is 3.81. The van der Waals surface area contributed by atoms with Crippen molar-refractivity contribution < 1.29 is 3.07 Å². The van der Waals surface area contributed by atoms with Crippen LogP contribution in [0.4, 0.5) is 0 Å². The van der Waals surface area contributed by atoms with Gasteiger partial charge in [-0.2, -0.15) is 0 Å². The fourth-order valence-corrected chi connectivity index (χ4v) is 1.09. The Morgan fingerprint density at radius 3 is 2.90 bits per heavy atom. The predicted molar refractivity (Wildman–Crippen MR) is 50.5 cm³/mol. The maximum absolute atomic E-state index is 5.03. The van der Waals surface area contributed by atoms with E-state index < -0.39 is 0 Å². The van der Waals surface area contributed by atoms with Crippen LogP contribution in [-0.2, 0) is 6.42 Å². The van der Waals surface area contributed by atoms with Crippen molar-refractivity contribution in [1.29, 1.82) is 0 Å². The molecule has 54 valence electrons. The van der Waals surface area contributed by atoms with Gasteiger partial charge in [-0.3, -0.25) is 0 Å². The number of benzene rings is 1. The summed E-state index contributed by atoms with van der Waals surface area (Å²) in [6, 6.07) is 8.10. The molecule has 2 heteroatoms. The monoisotopic (exact) mass is 248 g/mol. The Balaban J connectivity index is 2.87. The molecular formula is C8H9IO. The number of rotatable bonds is 2. The van der Waals surface area contributed by atoms with E-state index in [0.29, 0.717) is 0 Å². The standard InChI is InChI=1S/C8H9IO/c1-2-7-4-3-5-8(6-7)10-9/h3-6H,2H2,1H3. The first kappa shape index (κ1) is 7.85. The molecule has 0 aliphatic carbocycles. The van der Waals surface area contributed by atoms with Crippen LogP contribution in [0, 0.1) is 0 Å². The van der Waals surface area contributed by atoms with Gasteiger partial charge in [0.2, 0.25) is 0 Å². The molecule has 0 atom stereocenters. The van der Waals surface area contributed by atoms with Gasteiger partial charge in [0.15, 0.2) is 23.0 Å². The number of aryl methyl sites for hydroxylation is 1. The highest BCUT2D eigenvalue weighted by Gasteiger charge is 1.91. The second-order valence-electron chi connectivity index (χ2n) is 2.08. The van der Waals surface area contributed by atoms with Crippen molar-refractivity contribution in [2.75, 3.05) is 0 Å². The molecule has 0 saturated carbocycles. The summed E-state index contributed by atoms with van der Waals surface area (Å²) in [5.74, 6) is 0.931. The molecule has 1 rings (SSSR count). The van der Waals surface area contributed by atoms with Gasteiger partial charge in [-0.15, -0.1) is 0 Å². The van der Waals surface area contributed by atoms with E-state index in [2.05, 4.69) is 13.0 Å². The van der Waals surface area contributed by atoms with E-state index in [1.807, 2.05) is 41.2 Å². The summed E-state index contributed by atoms with van der Waals surface area (Å²) in [6.07, 6.45) is 1.06. The molecule has 0 heterocycles. The van der Waals surface area contributed by atoms with Crippen molar-refractivity contribution in [3.63, 3.8) is 0 Å². The summed E-state index contributed by atoms with van der Waals surface area (Å²) in [4.78, 5) is 0. The van der Waals surface area contributed by atoms with Crippen LogP contribution < -0.4 is 3.07 Å². The Morgan fingerprint density at radius 1 is 1.50 bits per heavy atom. The van der Waals surface area contributed by atoms with Crippen molar-refractivity contribution in [3.8, 4) is 5.75 Å². The van der Waals surface area contributed by atoms with E-state index in [-0.39, 0.29) is 0 Å². The fraction of sp³-hybridized carbons (Fsp3) is 0.250. The van der Waals surface area contributed by atoms with Gasteiger partial charge in [-0.05, 0) is 24.1 Å². The SMILES string of the molecule is CCc1cccc(OI)c1. The number of hydrogen-bond acceptors (Lipinski definition) is 1. The topological polar surface area (TPSA) is 9.23 Å². The molecule has 1 nitrogen and oxygen atoms in total. The second-order valence-corrected chi connectivity index (χ2v) is 2.52. The molecule has 0 spiro atoms. The molecule has 0 aliphatic heterocycles. The zero-order valence-corrected chi connectivity index (χ0v) is 7.96. The van der Waals surface area contributed by atoms with Crippen LogP contribution in [0.5, 0.6) is 5.75 Å². The highest BCUT2D eigenvalue weighted by atomic mass is 127. The van der Waals surface area contributed by atoms with Crippen LogP contribution in [0.3, 0.4) is 0 Å². The molecule has 0 aliphatic rings. The molecule has 0 fully saturated rings. The van der Waals surface area contributed by atoms with Gasteiger partial charge in [-0.25, -0.2) is 0 Å². The Bertz CT molecular complexity index is 191. The molecule has 0 amide bonds. The van der Waals surface area contributed by atoms with E-state index in [0.717, 1.165) is 12.2 Å². The number of hydrogen-bond donors (Lipinski definition) is 0. The minimum atomic E-state index is 0.931. The zero-order valence-electron chi connectivity index (χ0n) is 5.80. The average molecular weight is 248 g/mol. The van der Waals surface area contributed by atoms with Gasteiger partial charge in [0.05, 0.1) is 0 Å². The van der Waals surface area contributed by atoms with Crippen molar-refractivity contribution in [2.45, 2.75) is 13.3 Å². The smallest absolute Gasteiger partial charge is 0.192 e. The fourth-order valence-electron chi connectivity index (χ4n) is 0.813. The quantitative estimate of drug-likeness (QED) is 0.731. The lowest BCUT2D eigenvalue weighted by atomic mass is 10.2. The molecular weight excluding hydrogens is 239 g/mol. The molecule has 1 aromatic rings. The third-order valence-electron chi connectivity index (χ3n) is 1.40. The minimum Gasteiger partial charge on any atom is -0.428 e. The summed E-state index contributed by atoms with van der Waals surface area (Å²) in [6.45, 7) is 2.13. The zero-order chi connectivity index (χ0) is 7.40. The van der Waals surface area contributed by atoms with E-state index in [9.17, 15) is 0 Å². The highest BCUT2D eigenvalue weighted by Crippen LogP contribution is 2.15. The van der Waals surface area contributed by atoms with Crippen molar-refractivity contribution in [1.82, 2.24) is 0 Å². The van der Waals surface area contributed by atoms with Crippen LogP contribution in [0.25, 0.3) is 0 Å². The first-order valence-corrected chi connectivity index (χ1v) is 4.12. The van der Waals surface area contributed by atoms with E-state index in [4.69, 9.17) is 3.07 Å². The molecule has 10 heavy (non-hydrogen) atoms. The first-order chi connectivity index (χ1) is 4.86. The van der Waals surface area contributed by atoms with Gasteiger partial charge < -0.3 is 3.07 Å². The lowest BCUT2D eigenvalue weighted by Gasteiger charge is -1.98. The van der Waals surface area contributed by atoms with E-state index in [1.54, 1.807) is 0 Å². The van der Waals surface area contributed by atoms with Crippen LogP contribution in [0.2, 0.25) is 0 Å². The lowest BCUT2D eigenvalue weighted by molar-refractivity contribution is 0.715. The van der Waals surface area contributed by atoms with Crippen molar-refractivity contribution in [2.24, 2.45) is 0 Å². The Labute approximate surface area is 75.1 Å². The maximum atomic E-state index is 5.03. The summed E-state index contributed by atoms with van der Waals surface area (Å²) in [7, 11) is 0. The normalized spacial score (nSPS) is 9.40. The van der Waals surface area contributed by atoms with Gasteiger partial charge in [-0.1, -0.05) is 19.1 Å². The maximum Gasteiger partial charge on any atom is 0.192 e. The Hall–Kier alpha value is -0.250. The Morgan fingerprint density at radius 2 is 2.30 bits per heavy atom. The summed E-state index contributed by atoms with van der Waals surface area (Å²) in [5.41, 5.74) is 1.31. The van der Waals surface area contributed by atoms with Crippen molar-refractivity contribution >= 4 is 23.0 Å². The van der Waals surface area contributed by atoms with Gasteiger partial charge in [0.1, 0.15) is 5.75 Å². The molecule has 0 radical (unpaired) electrons.